The summed E-state index contributed by atoms with van der Waals surface area (Å²) < 4.78 is 46.4. The highest BCUT2D eigenvalue weighted by molar-refractivity contribution is 7.92. The molecule has 174 valence electrons. The molecule has 3 rings (SSSR count). The van der Waals surface area contributed by atoms with Crippen LogP contribution in [0.15, 0.2) is 71.6 Å². The summed E-state index contributed by atoms with van der Waals surface area (Å²) >= 11 is 12.0. The third kappa shape index (κ3) is 6.37. The number of nitrogens with one attached hydrogen (secondary N) is 1. The predicted octanol–water partition coefficient (Wildman–Crippen LogP) is 5.04. The summed E-state index contributed by atoms with van der Waals surface area (Å²) in [7, 11) is -4.14. The van der Waals surface area contributed by atoms with Crippen molar-refractivity contribution in [2.45, 2.75) is 18.4 Å². The summed E-state index contributed by atoms with van der Waals surface area (Å²) in [5.74, 6) is -0.582. The molecule has 0 saturated carbocycles. The minimum atomic E-state index is -4.14. The topological polar surface area (TPSA) is 75.7 Å². The Balaban J connectivity index is 1.84. The lowest BCUT2D eigenvalue weighted by Crippen LogP contribution is -2.40. The van der Waals surface area contributed by atoms with E-state index >= 15 is 0 Å². The van der Waals surface area contributed by atoms with E-state index in [0.29, 0.717) is 28.0 Å². The van der Waals surface area contributed by atoms with Gasteiger partial charge in [0.15, 0.2) is 0 Å². The molecule has 0 unspecified atom stereocenters. The van der Waals surface area contributed by atoms with Gasteiger partial charge in [0.1, 0.15) is 18.1 Å². The molecule has 0 radical (unpaired) electrons. The van der Waals surface area contributed by atoms with Crippen molar-refractivity contribution in [3.8, 4) is 5.75 Å². The van der Waals surface area contributed by atoms with E-state index in [1.165, 1.54) is 36.4 Å². The Morgan fingerprint density at radius 1 is 1.03 bits per heavy atom. The third-order valence-electron chi connectivity index (χ3n) is 4.62. The second-order valence-corrected chi connectivity index (χ2v) is 9.61. The monoisotopic (exact) mass is 510 g/mol. The molecule has 0 aliphatic carbocycles. The molecule has 0 heterocycles. The number of carbonyl (C=O) groups excluding carboxylic acids is 1. The van der Waals surface area contributed by atoms with Crippen molar-refractivity contribution in [1.29, 1.82) is 0 Å². The zero-order chi connectivity index (χ0) is 24.0. The standard InChI is InChI=1S/C23H21Cl2FN2O4S/c1-2-32-20-9-11-21(12-10-20)33(30,31)28(19-7-5-18(26)6-8-19)15-23(29)27-14-16-3-4-17(24)13-22(16)25/h3-13H,2,14-15H2,1H3,(H,27,29). The van der Waals surface area contributed by atoms with Gasteiger partial charge >= 0.3 is 0 Å². The third-order valence-corrected chi connectivity index (χ3v) is 6.99. The predicted molar refractivity (Wildman–Crippen MR) is 127 cm³/mol. The van der Waals surface area contributed by atoms with E-state index in [1.54, 1.807) is 18.2 Å². The van der Waals surface area contributed by atoms with Crippen molar-refractivity contribution in [3.05, 3.63) is 88.2 Å². The van der Waals surface area contributed by atoms with Crippen molar-refractivity contribution < 1.29 is 22.3 Å². The molecule has 0 saturated heterocycles. The number of hydrogen-bond acceptors (Lipinski definition) is 4. The summed E-state index contributed by atoms with van der Waals surface area (Å²) in [5.41, 5.74) is 0.766. The van der Waals surface area contributed by atoms with Gasteiger partial charge in [-0.15, -0.1) is 0 Å². The van der Waals surface area contributed by atoms with Gasteiger partial charge in [-0.05, 0) is 73.2 Å². The van der Waals surface area contributed by atoms with Crippen LogP contribution in [-0.4, -0.2) is 27.5 Å². The molecular formula is C23H21Cl2FN2O4S. The second-order valence-electron chi connectivity index (χ2n) is 6.90. The summed E-state index contributed by atoms with van der Waals surface area (Å²) in [5, 5.41) is 3.49. The number of rotatable bonds is 9. The zero-order valence-electron chi connectivity index (χ0n) is 17.6. The number of anilines is 1. The van der Waals surface area contributed by atoms with Gasteiger partial charge in [-0.3, -0.25) is 9.10 Å². The highest BCUT2D eigenvalue weighted by Crippen LogP contribution is 2.26. The van der Waals surface area contributed by atoms with E-state index in [2.05, 4.69) is 5.32 Å². The van der Waals surface area contributed by atoms with E-state index < -0.39 is 28.3 Å². The molecule has 3 aromatic rings. The van der Waals surface area contributed by atoms with Crippen LogP contribution in [-0.2, 0) is 21.4 Å². The number of benzene rings is 3. The molecule has 1 N–H and O–H groups in total. The fraction of sp³-hybridized carbons (Fsp3) is 0.174. The van der Waals surface area contributed by atoms with Crippen molar-refractivity contribution in [3.63, 3.8) is 0 Å². The van der Waals surface area contributed by atoms with Crippen molar-refractivity contribution in [2.75, 3.05) is 17.5 Å². The highest BCUT2D eigenvalue weighted by atomic mass is 35.5. The molecule has 33 heavy (non-hydrogen) atoms. The minimum absolute atomic E-state index is 0.0381. The average molecular weight is 511 g/mol. The van der Waals surface area contributed by atoms with Gasteiger partial charge in [0, 0.05) is 16.6 Å². The van der Waals surface area contributed by atoms with E-state index in [0.717, 1.165) is 16.4 Å². The lowest BCUT2D eigenvalue weighted by atomic mass is 10.2. The molecule has 0 atom stereocenters. The molecule has 3 aromatic carbocycles. The maximum atomic E-state index is 13.4. The Hall–Kier alpha value is -2.81. The van der Waals surface area contributed by atoms with Gasteiger partial charge in [0.05, 0.1) is 17.2 Å². The fourth-order valence-electron chi connectivity index (χ4n) is 2.97. The molecule has 0 spiro atoms. The largest absolute Gasteiger partial charge is 0.494 e. The van der Waals surface area contributed by atoms with Crippen LogP contribution < -0.4 is 14.4 Å². The van der Waals surface area contributed by atoms with Gasteiger partial charge in [0.2, 0.25) is 5.91 Å². The molecule has 1 amide bonds. The number of ether oxygens (including phenoxy) is 1. The number of nitrogens with zero attached hydrogens (tertiary/aromatic N) is 1. The highest BCUT2D eigenvalue weighted by Gasteiger charge is 2.27. The lowest BCUT2D eigenvalue weighted by Gasteiger charge is -2.24. The quantitative estimate of drug-likeness (QED) is 0.437. The first-order valence-electron chi connectivity index (χ1n) is 9.92. The number of sulfonamides is 1. The number of hydrogen-bond donors (Lipinski definition) is 1. The molecule has 0 fully saturated rings. The van der Waals surface area contributed by atoms with Crippen molar-refractivity contribution >= 4 is 44.8 Å². The van der Waals surface area contributed by atoms with E-state index in [9.17, 15) is 17.6 Å². The van der Waals surface area contributed by atoms with Crippen molar-refractivity contribution in [2.24, 2.45) is 0 Å². The van der Waals surface area contributed by atoms with Crippen LogP contribution in [0.25, 0.3) is 0 Å². The smallest absolute Gasteiger partial charge is 0.264 e. The SMILES string of the molecule is CCOc1ccc(S(=O)(=O)N(CC(=O)NCc2ccc(Cl)cc2Cl)c2ccc(F)cc2)cc1. The minimum Gasteiger partial charge on any atom is -0.494 e. The number of halogens is 3. The van der Waals surface area contributed by atoms with Crippen molar-refractivity contribution in [1.82, 2.24) is 5.32 Å². The van der Waals surface area contributed by atoms with Crippen LogP contribution in [0.1, 0.15) is 12.5 Å². The van der Waals surface area contributed by atoms with Gasteiger partial charge in [0.25, 0.3) is 10.0 Å². The first-order chi connectivity index (χ1) is 15.7. The summed E-state index contributed by atoms with van der Waals surface area (Å²) in [4.78, 5) is 12.6. The van der Waals surface area contributed by atoms with Gasteiger partial charge in [-0.1, -0.05) is 29.3 Å². The van der Waals surface area contributed by atoms with Crippen LogP contribution in [0.2, 0.25) is 10.0 Å². The maximum absolute atomic E-state index is 13.4. The van der Waals surface area contributed by atoms with E-state index in [4.69, 9.17) is 27.9 Å². The normalized spacial score (nSPS) is 11.2. The first kappa shape index (κ1) is 24.8. The summed E-state index contributed by atoms with van der Waals surface area (Å²) in [6.07, 6.45) is 0. The summed E-state index contributed by atoms with van der Waals surface area (Å²) in [6, 6.07) is 15.5. The van der Waals surface area contributed by atoms with Gasteiger partial charge in [-0.2, -0.15) is 0 Å². The van der Waals surface area contributed by atoms with Gasteiger partial charge < -0.3 is 10.1 Å². The van der Waals surface area contributed by atoms with Crippen LogP contribution in [0.3, 0.4) is 0 Å². The second kappa shape index (κ2) is 10.9. The van der Waals surface area contributed by atoms with E-state index in [1.807, 2.05) is 6.92 Å². The van der Waals surface area contributed by atoms with Crippen LogP contribution >= 0.6 is 23.2 Å². The Morgan fingerprint density at radius 3 is 2.30 bits per heavy atom. The fourth-order valence-corrected chi connectivity index (χ4v) is 4.87. The Morgan fingerprint density at radius 2 is 1.70 bits per heavy atom. The number of carbonyl (C=O) groups is 1. The van der Waals surface area contributed by atoms with E-state index in [-0.39, 0.29) is 17.1 Å². The first-order valence-corrected chi connectivity index (χ1v) is 12.1. The number of amides is 1. The zero-order valence-corrected chi connectivity index (χ0v) is 19.9. The Bertz CT molecular complexity index is 1220. The molecule has 0 aliphatic rings. The Labute approximate surface area is 201 Å². The van der Waals surface area contributed by atoms with Gasteiger partial charge in [-0.25, -0.2) is 12.8 Å². The molecule has 0 aromatic heterocycles. The lowest BCUT2D eigenvalue weighted by molar-refractivity contribution is -0.119. The van der Waals surface area contributed by atoms with Crippen LogP contribution in [0, 0.1) is 5.82 Å². The maximum Gasteiger partial charge on any atom is 0.264 e. The molecular weight excluding hydrogens is 490 g/mol. The van der Waals surface area contributed by atoms with Crippen LogP contribution in [0.5, 0.6) is 5.75 Å². The summed E-state index contributed by atoms with van der Waals surface area (Å²) in [6.45, 7) is 1.81. The molecule has 10 heteroatoms. The molecule has 6 nitrogen and oxygen atoms in total. The average Bonchev–Trinajstić information content (AvgIpc) is 2.78. The molecule has 0 aliphatic heterocycles. The molecule has 0 bridgehead atoms. The Kier molecular flexibility index (Phi) is 8.18. The van der Waals surface area contributed by atoms with Crippen LogP contribution in [0.4, 0.5) is 10.1 Å².